The Morgan fingerprint density at radius 3 is 2.82 bits per heavy atom. The summed E-state index contributed by atoms with van der Waals surface area (Å²) < 4.78 is 0. The second kappa shape index (κ2) is 4.92. The maximum atomic E-state index is 11.7. The Morgan fingerprint density at radius 2 is 2.05 bits per heavy atom. The molecule has 1 aromatic carbocycles. The van der Waals surface area contributed by atoms with Crippen molar-refractivity contribution in [1.82, 2.24) is 4.98 Å². The average Bonchev–Trinajstić information content (AvgIpc) is 3.35. The molecule has 0 bridgehead atoms. The van der Waals surface area contributed by atoms with Gasteiger partial charge in [0.15, 0.2) is 0 Å². The van der Waals surface area contributed by atoms with Crippen molar-refractivity contribution < 1.29 is 9.90 Å². The molecule has 4 rings (SSSR count). The normalized spacial score (nSPS) is 21.4. The summed E-state index contributed by atoms with van der Waals surface area (Å²) in [5.74, 6) is 0.310. The Labute approximate surface area is 129 Å². The van der Waals surface area contributed by atoms with E-state index in [1.807, 2.05) is 31.2 Å². The van der Waals surface area contributed by atoms with Gasteiger partial charge in [0.05, 0.1) is 12.0 Å². The number of carbonyl (C=O) groups excluding carboxylic acids is 1. The van der Waals surface area contributed by atoms with Crippen molar-refractivity contribution in [1.29, 1.82) is 0 Å². The number of nitrogens with zero attached hydrogens (tertiary/aromatic N) is 1. The number of fused-ring (bicyclic) bond motifs is 1. The summed E-state index contributed by atoms with van der Waals surface area (Å²) >= 11 is 0. The predicted molar refractivity (Wildman–Crippen MR) is 84.4 cm³/mol. The number of hydrogen-bond donors (Lipinski definition) is 2. The molecule has 1 aliphatic heterocycles. The average molecular weight is 294 g/mol. The first-order chi connectivity index (χ1) is 10.6. The van der Waals surface area contributed by atoms with E-state index in [0.29, 0.717) is 5.92 Å². The molecule has 0 spiro atoms. The van der Waals surface area contributed by atoms with E-state index in [1.165, 1.54) is 0 Å². The van der Waals surface area contributed by atoms with E-state index in [-0.39, 0.29) is 11.8 Å². The topological polar surface area (TPSA) is 62.2 Å². The molecule has 1 amide bonds. The van der Waals surface area contributed by atoms with Gasteiger partial charge in [0.1, 0.15) is 0 Å². The molecule has 2 atom stereocenters. The SMILES string of the molecule is CC1C(=O)Nc2ccc(-c3cncc(C(O)C4CC4)c3)cc21. The molecule has 112 valence electrons. The van der Waals surface area contributed by atoms with Gasteiger partial charge in [-0.3, -0.25) is 9.78 Å². The molecule has 2 N–H and O–H groups in total. The standard InChI is InChI=1S/C18H18N2O2/c1-10-15-7-12(4-5-16(15)20-18(10)22)13-6-14(9-19-8-13)17(21)11-2-3-11/h4-11,17,21H,2-3H2,1H3,(H,20,22). The summed E-state index contributed by atoms with van der Waals surface area (Å²) in [5, 5.41) is 13.2. The van der Waals surface area contributed by atoms with Gasteiger partial charge in [0, 0.05) is 23.6 Å². The van der Waals surface area contributed by atoms with Gasteiger partial charge in [0.25, 0.3) is 0 Å². The van der Waals surface area contributed by atoms with Crippen LogP contribution < -0.4 is 5.32 Å². The zero-order valence-electron chi connectivity index (χ0n) is 12.4. The number of aliphatic hydroxyl groups excluding tert-OH is 1. The van der Waals surface area contributed by atoms with Crippen molar-refractivity contribution in [3.05, 3.63) is 47.8 Å². The van der Waals surface area contributed by atoms with Crippen molar-refractivity contribution in [2.45, 2.75) is 31.8 Å². The second-order valence-corrected chi connectivity index (χ2v) is 6.30. The van der Waals surface area contributed by atoms with Crippen molar-refractivity contribution in [3.63, 3.8) is 0 Å². The van der Waals surface area contributed by atoms with Crippen LogP contribution in [0.4, 0.5) is 5.69 Å². The van der Waals surface area contributed by atoms with Crippen LogP contribution in [0.25, 0.3) is 11.1 Å². The fourth-order valence-corrected chi connectivity index (χ4v) is 3.06. The van der Waals surface area contributed by atoms with Gasteiger partial charge >= 0.3 is 0 Å². The predicted octanol–water partition coefficient (Wildman–Crippen LogP) is 3.25. The van der Waals surface area contributed by atoms with Crippen LogP contribution >= 0.6 is 0 Å². The molecule has 2 aliphatic rings. The quantitative estimate of drug-likeness (QED) is 0.913. The molecule has 0 radical (unpaired) electrons. The number of hydrogen-bond acceptors (Lipinski definition) is 3. The minimum atomic E-state index is -0.413. The van der Waals surface area contributed by atoms with Gasteiger partial charge in [-0.25, -0.2) is 0 Å². The number of amides is 1. The van der Waals surface area contributed by atoms with Crippen LogP contribution in [0.3, 0.4) is 0 Å². The summed E-state index contributed by atoms with van der Waals surface area (Å²) in [4.78, 5) is 16.0. The van der Waals surface area contributed by atoms with Crippen LogP contribution in [0.1, 0.15) is 42.9 Å². The largest absolute Gasteiger partial charge is 0.388 e. The third-order valence-electron chi connectivity index (χ3n) is 4.67. The van der Waals surface area contributed by atoms with Crippen LogP contribution in [0.2, 0.25) is 0 Å². The Kier molecular flexibility index (Phi) is 3.01. The highest BCUT2D eigenvalue weighted by Crippen LogP contribution is 2.41. The van der Waals surface area contributed by atoms with E-state index in [2.05, 4.69) is 10.3 Å². The number of aliphatic hydroxyl groups is 1. The lowest BCUT2D eigenvalue weighted by atomic mass is 9.96. The fraction of sp³-hybridized carbons (Fsp3) is 0.333. The molecular formula is C18H18N2O2. The summed E-state index contributed by atoms with van der Waals surface area (Å²) in [6, 6.07) is 7.98. The first-order valence-corrected chi connectivity index (χ1v) is 7.71. The van der Waals surface area contributed by atoms with E-state index in [4.69, 9.17) is 0 Å². The molecule has 1 saturated carbocycles. The van der Waals surface area contributed by atoms with E-state index in [0.717, 1.165) is 40.8 Å². The first kappa shape index (κ1) is 13.5. The number of anilines is 1. The number of nitrogens with one attached hydrogen (secondary N) is 1. The van der Waals surface area contributed by atoms with Crippen LogP contribution in [0.15, 0.2) is 36.7 Å². The highest BCUT2D eigenvalue weighted by Gasteiger charge is 2.31. The van der Waals surface area contributed by atoms with Crippen LogP contribution in [-0.2, 0) is 4.79 Å². The lowest BCUT2D eigenvalue weighted by molar-refractivity contribution is -0.116. The van der Waals surface area contributed by atoms with Crippen molar-refractivity contribution >= 4 is 11.6 Å². The molecular weight excluding hydrogens is 276 g/mol. The molecule has 0 saturated heterocycles. The summed E-state index contributed by atoms with van der Waals surface area (Å²) in [6.45, 7) is 1.91. The molecule has 4 nitrogen and oxygen atoms in total. The summed E-state index contributed by atoms with van der Waals surface area (Å²) in [7, 11) is 0. The Balaban J connectivity index is 1.71. The summed E-state index contributed by atoms with van der Waals surface area (Å²) in [6.07, 6.45) is 5.32. The van der Waals surface area contributed by atoms with Crippen LogP contribution in [0.5, 0.6) is 0 Å². The molecule has 4 heteroatoms. The molecule has 2 heterocycles. The fourth-order valence-electron chi connectivity index (χ4n) is 3.06. The first-order valence-electron chi connectivity index (χ1n) is 7.71. The number of rotatable bonds is 3. The molecule has 1 aliphatic carbocycles. The molecule has 1 aromatic heterocycles. The Bertz CT molecular complexity index is 753. The van der Waals surface area contributed by atoms with E-state index in [9.17, 15) is 9.90 Å². The highest BCUT2D eigenvalue weighted by atomic mass is 16.3. The van der Waals surface area contributed by atoms with Crippen molar-refractivity contribution in [3.8, 4) is 11.1 Å². The van der Waals surface area contributed by atoms with Gasteiger partial charge in [0.2, 0.25) is 5.91 Å². The van der Waals surface area contributed by atoms with Crippen molar-refractivity contribution in [2.75, 3.05) is 5.32 Å². The van der Waals surface area contributed by atoms with E-state index < -0.39 is 6.10 Å². The Morgan fingerprint density at radius 1 is 1.23 bits per heavy atom. The van der Waals surface area contributed by atoms with Gasteiger partial charge in [-0.1, -0.05) is 6.07 Å². The smallest absolute Gasteiger partial charge is 0.231 e. The number of benzene rings is 1. The second-order valence-electron chi connectivity index (χ2n) is 6.30. The van der Waals surface area contributed by atoms with E-state index in [1.54, 1.807) is 12.4 Å². The minimum absolute atomic E-state index is 0.0446. The van der Waals surface area contributed by atoms with Gasteiger partial charge in [-0.05, 0) is 60.6 Å². The number of carbonyl (C=O) groups is 1. The zero-order chi connectivity index (χ0) is 15.3. The van der Waals surface area contributed by atoms with Crippen LogP contribution in [0, 0.1) is 5.92 Å². The highest BCUT2D eigenvalue weighted by molar-refractivity contribution is 6.03. The van der Waals surface area contributed by atoms with E-state index >= 15 is 0 Å². The maximum Gasteiger partial charge on any atom is 0.231 e. The molecule has 2 unspecified atom stereocenters. The summed E-state index contributed by atoms with van der Waals surface area (Å²) in [5.41, 5.74) is 4.80. The van der Waals surface area contributed by atoms with Gasteiger partial charge in [-0.15, -0.1) is 0 Å². The molecule has 2 aromatic rings. The Hall–Kier alpha value is -2.20. The van der Waals surface area contributed by atoms with Crippen molar-refractivity contribution in [2.24, 2.45) is 5.92 Å². The molecule has 1 fully saturated rings. The lowest BCUT2D eigenvalue weighted by Crippen LogP contribution is -2.08. The van der Waals surface area contributed by atoms with Gasteiger partial charge in [-0.2, -0.15) is 0 Å². The maximum absolute atomic E-state index is 11.7. The molecule has 22 heavy (non-hydrogen) atoms. The number of pyridine rings is 1. The van der Waals surface area contributed by atoms with Crippen LogP contribution in [-0.4, -0.2) is 16.0 Å². The third-order valence-corrected chi connectivity index (χ3v) is 4.67. The number of aromatic nitrogens is 1. The minimum Gasteiger partial charge on any atom is -0.388 e. The monoisotopic (exact) mass is 294 g/mol. The zero-order valence-corrected chi connectivity index (χ0v) is 12.4. The third kappa shape index (κ3) is 2.20. The van der Waals surface area contributed by atoms with Gasteiger partial charge < -0.3 is 10.4 Å². The lowest BCUT2D eigenvalue weighted by Gasteiger charge is -2.11.